The van der Waals surface area contributed by atoms with E-state index in [4.69, 9.17) is 0 Å². The number of para-hydroxylation sites is 1. The minimum absolute atomic E-state index is 0.0468. The topological polar surface area (TPSA) is 90.9 Å². The molecule has 4 rings (SSSR count). The van der Waals surface area contributed by atoms with E-state index in [2.05, 4.69) is 19.9 Å². The second-order valence-corrected chi connectivity index (χ2v) is 9.10. The lowest BCUT2D eigenvalue weighted by Gasteiger charge is -2.34. The molecule has 2 aliphatic heterocycles. The average Bonchev–Trinajstić information content (AvgIpc) is 2.69. The van der Waals surface area contributed by atoms with E-state index >= 15 is 0 Å². The van der Waals surface area contributed by atoms with Gasteiger partial charge in [-0.05, 0) is 49.2 Å². The Hall–Kier alpha value is -2.71. The van der Waals surface area contributed by atoms with Gasteiger partial charge in [0.1, 0.15) is 10.7 Å². The third-order valence-corrected chi connectivity index (χ3v) is 6.57. The lowest BCUT2D eigenvalue weighted by Crippen LogP contribution is -2.41. The first-order valence-corrected chi connectivity index (χ1v) is 11.1. The van der Waals surface area contributed by atoms with Gasteiger partial charge < -0.3 is 10.6 Å². The molecule has 1 amide bonds. The molecule has 1 unspecified atom stereocenters. The van der Waals surface area contributed by atoms with E-state index < -0.39 is 10.0 Å². The molecule has 8 heteroatoms. The summed E-state index contributed by atoms with van der Waals surface area (Å²) >= 11 is 0. The molecule has 2 aliphatic rings. The molecule has 2 aromatic carbocycles. The Morgan fingerprint density at radius 2 is 1.97 bits per heavy atom. The Morgan fingerprint density at radius 1 is 1.21 bits per heavy atom. The van der Waals surface area contributed by atoms with Gasteiger partial charge in [0.15, 0.2) is 0 Å². The molecule has 7 nitrogen and oxygen atoms in total. The second-order valence-electron chi connectivity index (χ2n) is 7.53. The van der Waals surface area contributed by atoms with Crippen LogP contribution in [0.4, 0.5) is 11.4 Å². The summed E-state index contributed by atoms with van der Waals surface area (Å²) in [6.07, 6.45) is 1.89. The largest absolute Gasteiger partial charge is 0.342 e. The van der Waals surface area contributed by atoms with Crippen LogP contribution in [0, 0.1) is 5.92 Å². The van der Waals surface area contributed by atoms with Crippen LogP contribution in [-0.4, -0.2) is 38.2 Å². The maximum absolute atomic E-state index is 12.5. The number of amides is 1. The molecule has 29 heavy (non-hydrogen) atoms. The van der Waals surface area contributed by atoms with Crippen molar-refractivity contribution < 1.29 is 13.2 Å². The summed E-state index contributed by atoms with van der Waals surface area (Å²) < 4.78 is 29.1. The lowest BCUT2D eigenvalue weighted by molar-refractivity contribution is -0.114. The Morgan fingerprint density at radius 3 is 2.72 bits per heavy atom. The Kier molecular flexibility index (Phi) is 5.38. The molecular weight excluding hydrogens is 388 g/mol. The fourth-order valence-corrected chi connectivity index (χ4v) is 5.09. The van der Waals surface area contributed by atoms with E-state index in [1.807, 2.05) is 30.3 Å². The number of benzene rings is 2. The molecule has 0 bridgehead atoms. The molecule has 0 saturated carbocycles. The van der Waals surface area contributed by atoms with E-state index in [0.29, 0.717) is 11.5 Å². The van der Waals surface area contributed by atoms with Crippen LogP contribution in [-0.2, 0) is 21.4 Å². The van der Waals surface area contributed by atoms with E-state index in [-0.39, 0.29) is 16.7 Å². The zero-order chi connectivity index (χ0) is 20.4. The van der Waals surface area contributed by atoms with Crippen molar-refractivity contribution in [3.05, 3.63) is 54.1 Å². The van der Waals surface area contributed by atoms with Gasteiger partial charge in [-0.15, -0.1) is 4.40 Å². The summed E-state index contributed by atoms with van der Waals surface area (Å²) in [6.45, 7) is 3.97. The number of likely N-dealkylation sites (tertiary alicyclic amines) is 1. The van der Waals surface area contributed by atoms with Crippen LogP contribution < -0.4 is 10.6 Å². The number of hydrogen-bond donors (Lipinski definition) is 2. The van der Waals surface area contributed by atoms with Gasteiger partial charge in [-0.1, -0.05) is 24.3 Å². The fraction of sp³-hybridized carbons (Fsp3) is 0.333. The third kappa shape index (κ3) is 4.49. The summed E-state index contributed by atoms with van der Waals surface area (Å²) in [4.78, 5) is 13.7. The number of carbonyl (C=O) groups excluding carboxylic acids is 1. The summed E-state index contributed by atoms with van der Waals surface area (Å²) in [5.74, 6) is 0.494. The molecule has 0 aromatic heterocycles. The standard InChI is InChI=1S/C21H24N4O3S/c1-15(26)22-18-10-8-16(9-11-18)13-25-12-4-5-17(14-25)21-23-19-6-2-3-7-20(19)29(27,28)24-21/h2-3,6-11,17H,4-5,12-14H2,1H3,(H,22,26)(H,23,24). The number of amidine groups is 1. The molecule has 2 N–H and O–H groups in total. The number of nitrogens with one attached hydrogen (secondary N) is 2. The highest BCUT2D eigenvalue weighted by Gasteiger charge is 2.31. The maximum Gasteiger partial charge on any atom is 0.286 e. The number of hydrogen-bond acceptors (Lipinski definition) is 5. The van der Waals surface area contributed by atoms with E-state index in [1.165, 1.54) is 6.92 Å². The van der Waals surface area contributed by atoms with Crippen molar-refractivity contribution in [1.29, 1.82) is 0 Å². The first kappa shape index (κ1) is 19.6. The van der Waals surface area contributed by atoms with Crippen molar-refractivity contribution >= 4 is 33.1 Å². The number of anilines is 2. The number of rotatable bonds is 4. The monoisotopic (exact) mass is 412 g/mol. The predicted molar refractivity (Wildman–Crippen MR) is 113 cm³/mol. The number of sulfonamides is 1. The van der Waals surface area contributed by atoms with Crippen molar-refractivity contribution in [2.45, 2.75) is 31.2 Å². The van der Waals surface area contributed by atoms with Crippen LogP contribution in [0.5, 0.6) is 0 Å². The normalized spacial score (nSPS) is 20.9. The van der Waals surface area contributed by atoms with Crippen molar-refractivity contribution in [1.82, 2.24) is 4.90 Å². The zero-order valence-corrected chi connectivity index (χ0v) is 17.1. The zero-order valence-electron chi connectivity index (χ0n) is 16.3. The van der Waals surface area contributed by atoms with E-state index in [1.54, 1.807) is 18.2 Å². The van der Waals surface area contributed by atoms with Gasteiger partial charge in [-0.3, -0.25) is 9.69 Å². The number of nitrogens with zero attached hydrogens (tertiary/aromatic N) is 2. The van der Waals surface area contributed by atoms with Crippen LogP contribution >= 0.6 is 0 Å². The molecule has 0 spiro atoms. The predicted octanol–water partition coefficient (Wildman–Crippen LogP) is 3.07. The average molecular weight is 413 g/mol. The van der Waals surface area contributed by atoms with E-state index in [9.17, 15) is 13.2 Å². The highest BCUT2D eigenvalue weighted by Crippen LogP contribution is 2.30. The lowest BCUT2D eigenvalue weighted by atomic mass is 9.96. The minimum atomic E-state index is -3.66. The maximum atomic E-state index is 12.5. The first-order valence-electron chi connectivity index (χ1n) is 9.70. The molecule has 0 radical (unpaired) electrons. The summed E-state index contributed by atoms with van der Waals surface area (Å²) in [5, 5.41) is 6.00. The van der Waals surface area contributed by atoms with Gasteiger partial charge in [0, 0.05) is 31.6 Å². The van der Waals surface area contributed by atoms with Gasteiger partial charge in [-0.2, -0.15) is 8.42 Å². The van der Waals surface area contributed by atoms with Gasteiger partial charge >= 0.3 is 0 Å². The smallest absolute Gasteiger partial charge is 0.286 e. The summed E-state index contributed by atoms with van der Waals surface area (Å²) in [5.41, 5.74) is 2.53. The molecule has 2 aromatic rings. The molecule has 152 valence electrons. The molecule has 0 aliphatic carbocycles. The van der Waals surface area contributed by atoms with Gasteiger partial charge in [0.25, 0.3) is 10.0 Å². The minimum Gasteiger partial charge on any atom is -0.342 e. The van der Waals surface area contributed by atoms with Crippen LogP contribution in [0.3, 0.4) is 0 Å². The van der Waals surface area contributed by atoms with Crippen molar-refractivity contribution in [3.8, 4) is 0 Å². The van der Waals surface area contributed by atoms with Gasteiger partial charge in [0.05, 0.1) is 5.69 Å². The quantitative estimate of drug-likeness (QED) is 0.805. The van der Waals surface area contributed by atoms with Crippen molar-refractivity contribution in [2.24, 2.45) is 10.3 Å². The summed E-state index contributed by atoms with van der Waals surface area (Å²) in [7, 11) is -3.66. The van der Waals surface area contributed by atoms with Crippen LogP contribution in [0.2, 0.25) is 0 Å². The first-order chi connectivity index (χ1) is 13.9. The highest BCUT2D eigenvalue weighted by molar-refractivity contribution is 7.90. The third-order valence-electron chi connectivity index (χ3n) is 5.22. The summed E-state index contributed by atoms with van der Waals surface area (Å²) in [6, 6.07) is 14.7. The second kappa shape index (κ2) is 7.96. The fourth-order valence-electron chi connectivity index (χ4n) is 3.89. The number of carbonyl (C=O) groups is 1. The van der Waals surface area contributed by atoms with E-state index in [0.717, 1.165) is 43.7 Å². The van der Waals surface area contributed by atoms with Gasteiger partial charge in [-0.25, -0.2) is 0 Å². The van der Waals surface area contributed by atoms with Crippen molar-refractivity contribution in [2.75, 3.05) is 23.7 Å². The SMILES string of the molecule is CC(=O)Nc1ccc(CN2CCCC(C3=NS(=O)(=O)c4ccccc4N3)C2)cc1. The Balaban J connectivity index is 1.45. The van der Waals surface area contributed by atoms with Crippen LogP contribution in [0.25, 0.3) is 0 Å². The van der Waals surface area contributed by atoms with Gasteiger partial charge in [0.2, 0.25) is 5.91 Å². The molecule has 1 saturated heterocycles. The van der Waals surface area contributed by atoms with Crippen molar-refractivity contribution in [3.63, 3.8) is 0 Å². The number of fused-ring (bicyclic) bond motifs is 1. The molecule has 1 fully saturated rings. The Bertz CT molecular complexity index is 1050. The molecule has 1 atom stereocenters. The Labute approximate surface area is 170 Å². The molecular formula is C21H24N4O3S. The molecule has 2 heterocycles. The number of piperidine rings is 1. The van der Waals surface area contributed by atoms with Crippen LogP contribution in [0.15, 0.2) is 57.8 Å². The van der Waals surface area contributed by atoms with Crippen LogP contribution in [0.1, 0.15) is 25.3 Å². The highest BCUT2D eigenvalue weighted by atomic mass is 32.2.